The van der Waals surface area contributed by atoms with Crippen LogP contribution in [0.25, 0.3) is 11.3 Å². The monoisotopic (exact) mass is 424 g/mol. The largest absolute Gasteiger partial charge is 0.396 e. The van der Waals surface area contributed by atoms with Crippen molar-refractivity contribution in [2.24, 2.45) is 17.8 Å². The molecule has 7 nitrogen and oxygen atoms in total. The first-order valence-corrected chi connectivity index (χ1v) is 10.9. The standard InChI is InChI=1S/C23H29FN6O/c1-28-8-15(9-28)10-29-11-17-13-30(14-18(17)12-29)23(31)27-22-20(25)6-7-21(26-22)16-2-4-19(24)5-3-16/h2-7,15,17-18H,8-14,25H2,1H3,(H,26,27,31). The summed E-state index contributed by atoms with van der Waals surface area (Å²) in [6.07, 6.45) is 0. The van der Waals surface area contributed by atoms with Crippen molar-refractivity contribution in [3.8, 4) is 11.3 Å². The van der Waals surface area contributed by atoms with E-state index in [9.17, 15) is 9.18 Å². The van der Waals surface area contributed by atoms with Gasteiger partial charge in [-0.05, 0) is 61.2 Å². The Hall–Kier alpha value is -2.71. The Balaban J connectivity index is 1.19. The summed E-state index contributed by atoms with van der Waals surface area (Å²) in [6.45, 7) is 7.28. The molecule has 2 amide bonds. The van der Waals surface area contributed by atoms with Gasteiger partial charge in [-0.2, -0.15) is 0 Å². The minimum atomic E-state index is -0.300. The second kappa shape index (κ2) is 8.09. The first kappa shape index (κ1) is 20.2. The van der Waals surface area contributed by atoms with Crippen LogP contribution >= 0.6 is 0 Å². The quantitative estimate of drug-likeness (QED) is 0.788. The van der Waals surface area contributed by atoms with Crippen LogP contribution in [0, 0.1) is 23.6 Å². The lowest BCUT2D eigenvalue weighted by molar-refractivity contribution is 0.0956. The molecule has 3 fully saturated rings. The molecular formula is C23H29FN6O. The number of aromatic nitrogens is 1. The minimum absolute atomic E-state index is 0.156. The fraction of sp³-hybridized carbons (Fsp3) is 0.478. The van der Waals surface area contributed by atoms with Crippen LogP contribution in [0.15, 0.2) is 36.4 Å². The highest BCUT2D eigenvalue weighted by Gasteiger charge is 2.42. The Kier molecular flexibility index (Phi) is 5.27. The molecule has 0 saturated carbocycles. The molecule has 3 N–H and O–H groups in total. The Bertz CT molecular complexity index is 947. The van der Waals surface area contributed by atoms with Gasteiger partial charge in [0.1, 0.15) is 5.82 Å². The van der Waals surface area contributed by atoms with Crippen LogP contribution in [0.5, 0.6) is 0 Å². The fourth-order valence-corrected chi connectivity index (χ4v) is 5.25. The number of nitrogens with one attached hydrogen (secondary N) is 1. The number of benzene rings is 1. The number of nitrogen functional groups attached to an aromatic ring is 1. The summed E-state index contributed by atoms with van der Waals surface area (Å²) in [5.74, 6) is 1.93. The highest BCUT2D eigenvalue weighted by atomic mass is 19.1. The smallest absolute Gasteiger partial charge is 0.323 e. The molecule has 4 heterocycles. The third-order valence-corrected chi connectivity index (χ3v) is 6.80. The molecule has 2 unspecified atom stereocenters. The Labute approximate surface area is 182 Å². The summed E-state index contributed by atoms with van der Waals surface area (Å²) in [4.78, 5) is 24.2. The molecule has 0 radical (unpaired) electrons. The van der Waals surface area contributed by atoms with Crippen LogP contribution in [0.4, 0.5) is 20.7 Å². The highest BCUT2D eigenvalue weighted by molar-refractivity contribution is 5.92. The van der Waals surface area contributed by atoms with Gasteiger partial charge in [-0.3, -0.25) is 5.32 Å². The topological polar surface area (TPSA) is 77.7 Å². The van der Waals surface area contributed by atoms with Crippen molar-refractivity contribution in [1.82, 2.24) is 19.7 Å². The Morgan fingerprint density at radius 1 is 1.06 bits per heavy atom. The predicted molar refractivity (Wildman–Crippen MR) is 119 cm³/mol. The van der Waals surface area contributed by atoms with Gasteiger partial charge < -0.3 is 20.4 Å². The third-order valence-electron chi connectivity index (χ3n) is 6.80. The number of carbonyl (C=O) groups excluding carboxylic acids is 1. The van der Waals surface area contributed by atoms with E-state index in [1.807, 2.05) is 4.90 Å². The fourth-order valence-electron chi connectivity index (χ4n) is 5.25. The number of likely N-dealkylation sites (tertiary alicyclic amines) is 3. The number of rotatable bonds is 4. The maximum absolute atomic E-state index is 13.2. The molecule has 3 saturated heterocycles. The molecular weight excluding hydrogens is 395 g/mol. The molecule has 0 spiro atoms. The second-order valence-electron chi connectivity index (χ2n) is 9.30. The molecule has 5 rings (SSSR count). The van der Waals surface area contributed by atoms with E-state index >= 15 is 0 Å². The molecule has 0 aliphatic carbocycles. The van der Waals surface area contributed by atoms with E-state index in [4.69, 9.17) is 5.73 Å². The maximum Gasteiger partial charge on any atom is 0.323 e. The van der Waals surface area contributed by atoms with Crippen molar-refractivity contribution in [3.05, 3.63) is 42.2 Å². The van der Waals surface area contributed by atoms with Crippen molar-refractivity contribution in [3.63, 3.8) is 0 Å². The summed E-state index contributed by atoms with van der Waals surface area (Å²) >= 11 is 0. The SMILES string of the molecule is CN1CC(CN2CC3CN(C(=O)Nc4nc(-c5ccc(F)cc5)ccc4N)CC3C2)C1. The molecule has 3 aliphatic heterocycles. The highest BCUT2D eigenvalue weighted by Crippen LogP contribution is 2.33. The summed E-state index contributed by atoms with van der Waals surface area (Å²) in [6, 6.07) is 9.44. The molecule has 3 aliphatic rings. The van der Waals surface area contributed by atoms with Crippen LogP contribution < -0.4 is 11.1 Å². The maximum atomic E-state index is 13.2. The summed E-state index contributed by atoms with van der Waals surface area (Å²) < 4.78 is 13.2. The average molecular weight is 425 g/mol. The minimum Gasteiger partial charge on any atom is -0.396 e. The second-order valence-corrected chi connectivity index (χ2v) is 9.30. The number of amides is 2. The number of fused-ring (bicyclic) bond motifs is 1. The van der Waals surface area contributed by atoms with Crippen LogP contribution in [-0.4, -0.2) is 78.6 Å². The molecule has 2 atom stereocenters. The van der Waals surface area contributed by atoms with Gasteiger partial charge in [0.25, 0.3) is 0 Å². The van der Waals surface area contributed by atoms with Gasteiger partial charge in [-0.25, -0.2) is 14.2 Å². The van der Waals surface area contributed by atoms with Crippen LogP contribution in [0.1, 0.15) is 0 Å². The van der Waals surface area contributed by atoms with Crippen molar-refractivity contribution in [2.45, 2.75) is 0 Å². The number of nitrogens with zero attached hydrogens (tertiary/aromatic N) is 4. The van der Waals surface area contributed by atoms with Crippen molar-refractivity contribution < 1.29 is 9.18 Å². The van der Waals surface area contributed by atoms with E-state index < -0.39 is 0 Å². The lowest BCUT2D eigenvalue weighted by atomic mass is 10.0. The number of carbonyl (C=O) groups is 1. The van der Waals surface area contributed by atoms with Gasteiger partial charge in [0.15, 0.2) is 5.82 Å². The zero-order chi connectivity index (χ0) is 21.5. The lowest BCUT2D eigenvalue weighted by Crippen LogP contribution is -2.49. The predicted octanol–water partition coefficient (Wildman–Crippen LogP) is 2.43. The van der Waals surface area contributed by atoms with Crippen LogP contribution in [-0.2, 0) is 0 Å². The van der Waals surface area contributed by atoms with Gasteiger partial charge in [0.2, 0.25) is 0 Å². The number of nitrogens with two attached hydrogens (primary N) is 1. The van der Waals surface area contributed by atoms with Gasteiger partial charge >= 0.3 is 6.03 Å². The molecule has 2 aromatic rings. The van der Waals surface area contributed by atoms with Gasteiger partial charge in [0, 0.05) is 51.4 Å². The molecule has 1 aromatic carbocycles. The number of urea groups is 1. The van der Waals surface area contributed by atoms with E-state index in [0.717, 1.165) is 37.7 Å². The lowest BCUT2D eigenvalue weighted by Gasteiger charge is -2.38. The first-order valence-electron chi connectivity index (χ1n) is 10.9. The normalized spacial score (nSPS) is 24.3. The number of hydrogen-bond donors (Lipinski definition) is 2. The Morgan fingerprint density at radius 2 is 1.74 bits per heavy atom. The zero-order valence-electron chi connectivity index (χ0n) is 17.8. The van der Waals surface area contributed by atoms with Gasteiger partial charge in [0.05, 0.1) is 11.4 Å². The number of hydrogen-bond acceptors (Lipinski definition) is 5. The third kappa shape index (κ3) is 4.22. The molecule has 8 heteroatoms. The number of pyridine rings is 1. The van der Waals surface area contributed by atoms with E-state index in [2.05, 4.69) is 27.1 Å². The van der Waals surface area contributed by atoms with Gasteiger partial charge in [-0.15, -0.1) is 0 Å². The van der Waals surface area contributed by atoms with Crippen molar-refractivity contribution in [1.29, 1.82) is 0 Å². The van der Waals surface area contributed by atoms with Crippen LogP contribution in [0.2, 0.25) is 0 Å². The van der Waals surface area contributed by atoms with Crippen LogP contribution in [0.3, 0.4) is 0 Å². The number of halogens is 1. The van der Waals surface area contributed by atoms with Gasteiger partial charge in [-0.1, -0.05) is 0 Å². The van der Waals surface area contributed by atoms with E-state index in [0.29, 0.717) is 29.0 Å². The molecule has 31 heavy (non-hydrogen) atoms. The summed E-state index contributed by atoms with van der Waals surface area (Å²) in [5.41, 5.74) is 7.88. The van der Waals surface area contributed by atoms with E-state index in [1.54, 1.807) is 24.3 Å². The van der Waals surface area contributed by atoms with Crippen molar-refractivity contribution in [2.75, 3.05) is 63.9 Å². The average Bonchev–Trinajstić information content (AvgIpc) is 3.28. The van der Waals surface area contributed by atoms with Crippen molar-refractivity contribution >= 4 is 17.5 Å². The first-order chi connectivity index (χ1) is 14.9. The zero-order valence-corrected chi connectivity index (χ0v) is 17.8. The number of anilines is 2. The molecule has 1 aromatic heterocycles. The summed E-state index contributed by atoms with van der Waals surface area (Å²) in [7, 11) is 2.17. The molecule has 0 bridgehead atoms. The summed E-state index contributed by atoms with van der Waals surface area (Å²) in [5, 5.41) is 2.89. The Morgan fingerprint density at radius 3 is 2.39 bits per heavy atom. The van der Waals surface area contributed by atoms with E-state index in [-0.39, 0.29) is 11.8 Å². The van der Waals surface area contributed by atoms with E-state index in [1.165, 1.54) is 31.8 Å². The molecule has 164 valence electrons.